The van der Waals surface area contributed by atoms with Crippen molar-refractivity contribution < 1.29 is 4.79 Å². The van der Waals surface area contributed by atoms with Gasteiger partial charge in [0.1, 0.15) is 0 Å². The third-order valence-electron chi connectivity index (χ3n) is 3.21. The maximum atomic E-state index is 11.8. The van der Waals surface area contributed by atoms with Gasteiger partial charge in [-0.2, -0.15) is 0 Å². The van der Waals surface area contributed by atoms with Crippen LogP contribution in [0.3, 0.4) is 0 Å². The van der Waals surface area contributed by atoms with Crippen molar-refractivity contribution in [3.63, 3.8) is 0 Å². The highest BCUT2D eigenvalue weighted by atomic mass is 35.5. The molecule has 1 heterocycles. The minimum atomic E-state index is -0.320. The Bertz CT molecular complexity index is 360. The third kappa shape index (κ3) is 6.56. The van der Waals surface area contributed by atoms with E-state index in [1.54, 1.807) is 16.8 Å². The molecule has 3 N–H and O–H groups in total. The summed E-state index contributed by atoms with van der Waals surface area (Å²) >= 11 is 1.55. The summed E-state index contributed by atoms with van der Waals surface area (Å²) < 4.78 is 0. The van der Waals surface area contributed by atoms with Crippen LogP contribution in [0.25, 0.3) is 0 Å². The molecule has 0 aliphatic rings. The van der Waals surface area contributed by atoms with E-state index < -0.39 is 0 Å². The van der Waals surface area contributed by atoms with Gasteiger partial charge >= 0.3 is 0 Å². The number of aromatic nitrogens is 1. The first-order valence-electron chi connectivity index (χ1n) is 5.86. The van der Waals surface area contributed by atoms with Crippen molar-refractivity contribution in [1.82, 2.24) is 10.3 Å². The van der Waals surface area contributed by atoms with E-state index in [1.807, 2.05) is 12.3 Å². The van der Waals surface area contributed by atoms with Crippen molar-refractivity contribution in [2.75, 3.05) is 6.54 Å². The molecule has 0 aromatic carbocycles. The second-order valence-corrected chi connectivity index (χ2v) is 5.52. The number of nitrogens with zero attached hydrogens (tertiary/aromatic N) is 1. The first kappa shape index (κ1) is 20.9. The van der Waals surface area contributed by atoms with E-state index >= 15 is 0 Å². The molecule has 1 atom stereocenters. The van der Waals surface area contributed by atoms with Crippen LogP contribution in [0.1, 0.15) is 32.9 Å². The fraction of sp³-hybridized carbons (Fsp3) is 0.667. The number of nitrogens with one attached hydrogen (secondary N) is 1. The number of hydrogen-bond donors (Lipinski definition) is 2. The standard InChI is InChI=1S/C12H21N3OS.2ClH/c1-9(2)12(3,7-13)15-11(16)5-4-10-6-17-8-14-10;;/h6,8-9H,4-5,7,13H2,1-3H3,(H,15,16);2*1H. The van der Waals surface area contributed by atoms with Gasteiger partial charge in [0.15, 0.2) is 0 Å². The van der Waals surface area contributed by atoms with E-state index in [4.69, 9.17) is 5.73 Å². The van der Waals surface area contributed by atoms with Crippen LogP contribution in [0.15, 0.2) is 10.9 Å². The maximum absolute atomic E-state index is 11.8. The molecule has 7 heteroatoms. The van der Waals surface area contributed by atoms with Crippen LogP contribution in [0.4, 0.5) is 0 Å². The fourth-order valence-electron chi connectivity index (χ4n) is 1.41. The zero-order chi connectivity index (χ0) is 12.9. The number of carbonyl (C=O) groups is 1. The van der Waals surface area contributed by atoms with Crippen molar-refractivity contribution in [3.8, 4) is 0 Å². The van der Waals surface area contributed by atoms with Gasteiger partial charge in [-0.15, -0.1) is 36.2 Å². The molecule has 0 saturated carbocycles. The average Bonchev–Trinajstić information content (AvgIpc) is 2.78. The first-order chi connectivity index (χ1) is 7.98. The average molecular weight is 328 g/mol. The first-order valence-corrected chi connectivity index (χ1v) is 6.80. The lowest BCUT2D eigenvalue weighted by atomic mass is 9.88. The fourth-order valence-corrected chi connectivity index (χ4v) is 2.01. The quantitative estimate of drug-likeness (QED) is 0.843. The van der Waals surface area contributed by atoms with Gasteiger partial charge in [-0.05, 0) is 19.3 Å². The summed E-state index contributed by atoms with van der Waals surface area (Å²) in [5.74, 6) is 0.357. The molecule has 1 rings (SSSR count). The highest BCUT2D eigenvalue weighted by Gasteiger charge is 2.28. The van der Waals surface area contributed by atoms with Crippen LogP contribution in [0.2, 0.25) is 0 Å². The molecule has 0 saturated heterocycles. The minimum Gasteiger partial charge on any atom is -0.349 e. The number of thiazole rings is 1. The van der Waals surface area contributed by atoms with E-state index in [9.17, 15) is 4.79 Å². The highest BCUT2D eigenvalue weighted by Crippen LogP contribution is 2.15. The predicted octanol–water partition coefficient (Wildman–Crippen LogP) is 2.41. The Balaban J connectivity index is 0. The number of nitrogens with two attached hydrogens (primary N) is 1. The van der Waals surface area contributed by atoms with Gasteiger partial charge in [0, 0.05) is 18.3 Å². The molecule has 0 aliphatic carbocycles. The largest absolute Gasteiger partial charge is 0.349 e. The summed E-state index contributed by atoms with van der Waals surface area (Å²) in [7, 11) is 0. The van der Waals surface area contributed by atoms with Gasteiger partial charge in [-0.3, -0.25) is 4.79 Å². The van der Waals surface area contributed by atoms with Crippen LogP contribution in [-0.4, -0.2) is 23.0 Å². The zero-order valence-corrected chi connectivity index (χ0v) is 14.0. The number of carbonyl (C=O) groups excluding carboxylic acids is 1. The van der Waals surface area contributed by atoms with Crippen molar-refractivity contribution in [3.05, 3.63) is 16.6 Å². The van der Waals surface area contributed by atoms with Crippen molar-refractivity contribution in [1.29, 1.82) is 0 Å². The second-order valence-electron chi connectivity index (χ2n) is 4.80. The Labute approximate surface area is 131 Å². The molecule has 4 nitrogen and oxygen atoms in total. The number of hydrogen-bond acceptors (Lipinski definition) is 4. The lowest BCUT2D eigenvalue weighted by Crippen LogP contribution is -2.55. The van der Waals surface area contributed by atoms with Gasteiger partial charge in [0.25, 0.3) is 0 Å². The highest BCUT2D eigenvalue weighted by molar-refractivity contribution is 7.07. The van der Waals surface area contributed by atoms with Gasteiger partial charge < -0.3 is 11.1 Å². The summed E-state index contributed by atoms with van der Waals surface area (Å²) in [4.78, 5) is 16.0. The molecular weight excluding hydrogens is 305 g/mol. The van der Waals surface area contributed by atoms with Crippen LogP contribution >= 0.6 is 36.2 Å². The van der Waals surface area contributed by atoms with E-state index in [0.717, 1.165) is 5.69 Å². The maximum Gasteiger partial charge on any atom is 0.220 e. The van der Waals surface area contributed by atoms with Gasteiger partial charge in [-0.25, -0.2) is 4.98 Å². The molecule has 0 spiro atoms. The third-order valence-corrected chi connectivity index (χ3v) is 3.85. The van der Waals surface area contributed by atoms with Crippen LogP contribution in [0, 0.1) is 5.92 Å². The number of amides is 1. The lowest BCUT2D eigenvalue weighted by Gasteiger charge is -2.33. The van der Waals surface area contributed by atoms with E-state index in [2.05, 4.69) is 24.1 Å². The summed E-state index contributed by atoms with van der Waals surface area (Å²) in [5, 5.41) is 4.99. The molecule has 1 aromatic heterocycles. The molecule has 0 bridgehead atoms. The lowest BCUT2D eigenvalue weighted by molar-refractivity contribution is -0.123. The van der Waals surface area contributed by atoms with Crippen LogP contribution < -0.4 is 11.1 Å². The Morgan fingerprint density at radius 3 is 2.58 bits per heavy atom. The zero-order valence-electron chi connectivity index (χ0n) is 11.5. The molecule has 1 amide bonds. The van der Waals surface area contributed by atoms with E-state index in [-0.39, 0.29) is 36.3 Å². The summed E-state index contributed by atoms with van der Waals surface area (Å²) in [6.07, 6.45) is 1.15. The van der Waals surface area contributed by atoms with Crippen molar-refractivity contribution in [2.45, 2.75) is 39.2 Å². The Hall–Kier alpha value is -0.360. The molecule has 1 unspecified atom stereocenters. The molecule has 112 valence electrons. The molecule has 0 radical (unpaired) electrons. The Morgan fingerprint density at radius 1 is 1.53 bits per heavy atom. The van der Waals surface area contributed by atoms with Gasteiger partial charge in [0.2, 0.25) is 5.91 Å². The minimum absolute atomic E-state index is 0. The molecule has 0 aliphatic heterocycles. The summed E-state index contributed by atoms with van der Waals surface area (Å²) in [6.45, 7) is 6.56. The van der Waals surface area contributed by atoms with Gasteiger partial charge in [-0.1, -0.05) is 13.8 Å². The molecular formula is C12H23Cl2N3OS. The SMILES string of the molecule is CC(C)C(C)(CN)NC(=O)CCc1cscn1.Cl.Cl. The topological polar surface area (TPSA) is 68.0 Å². The van der Waals surface area contributed by atoms with Crippen molar-refractivity contribution >= 4 is 42.1 Å². The summed E-state index contributed by atoms with van der Waals surface area (Å²) in [5.41, 5.74) is 8.16. The van der Waals surface area contributed by atoms with Gasteiger partial charge in [0.05, 0.1) is 16.7 Å². The smallest absolute Gasteiger partial charge is 0.220 e. The van der Waals surface area contributed by atoms with Crippen molar-refractivity contribution in [2.24, 2.45) is 11.7 Å². The second kappa shape index (κ2) is 9.53. The van der Waals surface area contributed by atoms with Crippen LogP contribution in [-0.2, 0) is 11.2 Å². The Kier molecular flexibility index (Phi) is 10.5. The molecule has 19 heavy (non-hydrogen) atoms. The van der Waals surface area contributed by atoms with E-state index in [1.165, 1.54) is 0 Å². The molecule has 0 fully saturated rings. The predicted molar refractivity (Wildman–Crippen MR) is 85.4 cm³/mol. The number of aryl methyl sites for hydroxylation is 1. The normalized spacial score (nSPS) is 13.1. The number of halogens is 2. The monoisotopic (exact) mass is 327 g/mol. The Morgan fingerprint density at radius 2 is 2.16 bits per heavy atom. The van der Waals surface area contributed by atoms with E-state index in [0.29, 0.717) is 25.3 Å². The van der Waals surface area contributed by atoms with Crippen LogP contribution in [0.5, 0.6) is 0 Å². The molecule has 1 aromatic rings. The summed E-state index contributed by atoms with van der Waals surface area (Å²) in [6, 6.07) is 0. The number of rotatable bonds is 6.